The quantitative estimate of drug-likeness (QED) is 0.782. The van der Waals surface area contributed by atoms with Crippen molar-refractivity contribution in [3.05, 3.63) is 53.6 Å². The van der Waals surface area contributed by atoms with Gasteiger partial charge in [-0.3, -0.25) is 4.79 Å². The summed E-state index contributed by atoms with van der Waals surface area (Å²) in [6.07, 6.45) is 3.09. The summed E-state index contributed by atoms with van der Waals surface area (Å²) in [5.74, 6) is -1.36. The molecule has 2 rings (SSSR count). The molecule has 0 aliphatic rings. The van der Waals surface area contributed by atoms with Gasteiger partial charge in [0.2, 0.25) is 5.78 Å². The highest BCUT2D eigenvalue weighted by Gasteiger charge is 2.15. The monoisotopic (exact) mass is 250 g/mol. The number of ketones is 1. The van der Waals surface area contributed by atoms with Gasteiger partial charge in [-0.2, -0.15) is 0 Å². The molecular formula is C13H12F2N2O. The Morgan fingerprint density at radius 1 is 1.39 bits per heavy atom. The first-order chi connectivity index (χ1) is 8.61. The average Bonchev–Trinajstić information content (AvgIpc) is 2.81. The van der Waals surface area contributed by atoms with Crippen LogP contribution in [0.3, 0.4) is 0 Å². The van der Waals surface area contributed by atoms with Crippen molar-refractivity contribution < 1.29 is 13.6 Å². The summed E-state index contributed by atoms with van der Waals surface area (Å²) in [6.45, 7) is 2.50. The van der Waals surface area contributed by atoms with Crippen LogP contribution in [-0.2, 0) is 13.0 Å². The van der Waals surface area contributed by atoms with E-state index in [0.29, 0.717) is 12.4 Å². The van der Waals surface area contributed by atoms with E-state index in [1.165, 1.54) is 12.3 Å². The third kappa shape index (κ3) is 2.45. The van der Waals surface area contributed by atoms with Crippen LogP contribution in [0.5, 0.6) is 0 Å². The fourth-order valence-electron chi connectivity index (χ4n) is 1.73. The van der Waals surface area contributed by atoms with E-state index >= 15 is 0 Å². The van der Waals surface area contributed by atoms with E-state index in [1.54, 1.807) is 10.8 Å². The van der Waals surface area contributed by atoms with Crippen LogP contribution in [0.15, 0.2) is 30.6 Å². The molecule has 0 atom stereocenters. The third-order valence-corrected chi connectivity index (χ3v) is 2.67. The zero-order chi connectivity index (χ0) is 13.1. The van der Waals surface area contributed by atoms with Gasteiger partial charge in [-0.25, -0.2) is 13.8 Å². The Morgan fingerprint density at radius 3 is 2.83 bits per heavy atom. The van der Waals surface area contributed by atoms with Gasteiger partial charge < -0.3 is 4.57 Å². The van der Waals surface area contributed by atoms with Crippen LogP contribution in [0.2, 0.25) is 0 Å². The van der Waals surface area contributed by atoms with E-state index < -0.39 is 11.6 Å². The van der Waals surface area contributed by atoms with Crippen LogP contribution in [-0.4, -0.2) is 15.3 Å². The molecule has 0 bridgehead atoms. The maximum absolute atomic E-state index is 13.4. The Hall–Kier alpha value is -2.04. The Labute approximate surface area is 103 Å². The molecule has 0 amide bonds. The Bertz CT molecular complexity index is 578. The number of halogens is 2. The fourth-order valence-corrected chi connectivity index (χ4v) is 1.73. The molecule has 1 aromatic carbocycles. The Balaban J connectivity index is 2.21. The lowest BCUT2D eigenvalue weighted by atomic mass is 10.1. The summed E-state index contributed by atoms with van der Waals surface area (Å²) in [6, 6.07) is 3.19. The van der Waals surface area contributed by atoms with Crippen molar-refractivity contribution in [3.63, 3.8) is 0 Å². The highest BCUT2D eigenvalue weighted by molar-refractivity contribution is 5.94. The van der Waals surface area contributed by atoms with E-state index in [9.17, 15) is 13.6 Å². The van der Waals surface area contributed by atoms with Crippen LogP contribution >= 0.6 is 0 Å². The maximum atomic E-state index is 13.4. The molecule has 0 spiro atoms. The van der Waals surface area contributed by atoms with E-state index in [2.05, 4.69) is 4.98 Å². The minimum atomic E-state index is -0.710. The first-order valence-electron chi connectivity index (χ1n) is 5.60. The van der Waals surface area contributed by atoms with Gasteiger partial charge in [-0.05, 0) is 18.6 Å². The van der Waals surface area contributed by atoms with Gasteiger partial charge in [0.25, 0.3) is 0 Å². The Morgan fingerprint density at radius 2 is 2.17 bits per heavy atom. The number of aromatic nitrogens is 2. The number of imidazole rings is 1. The number of Topliss-reactive ketones (excluding diaryl/α,β-unsaturated/α-hetero) is 1. The smallest absolute Gasteiger partial charge is 0.202 e. The molecule has 0 N–H and O–H groups in total. The van der Waals surface area contributed by atoms with E-state index in [4.69, 9.17) is 0 Å². The number of hydrogen-bond donors (Lipinski definition) is 0. The van der Waals surface area contributed by atoms with Crippen molar-refractivity contribution in [2.24, 2.45) is 0 Å². The van der Waals surface area contributed by atoms with Gasteiger partial charge in [0.15, 0.2) is 5.82 Å². The number of rotatable bonds is 4. The fraction of sp³-hybridized carbons (Fsp3) is 0.231. The van der Waals surface area contributed by atoms with Crippen LogP contribution in [0.25, 0.3) is 0 Å². The summed E-state index contributed by atoms with van der Waals surface area (Å²) < 4.78 is 27.8. The van der Waals surface area contributed by atoms with Gasteiger partial charge in [-0.1, -0.05) is 6.07 Å². The Kier molecular flexibility index (Phi) is 3.50. The molecule has 5 heteroatoms. The second kappa shape index (κ2) is 5.08. The molecule has 94 valence electrons. The molecule has 2 aromatic rings. The average molecular weight is 250 g/mol. The van der Waals surface area contributed by atoms with E-state index in [1.807, 2.05) is 6.92 Å². The predicted molar refractivity (Wildman–Crippen MR) is 62.3 cm³/mol. The summed E-state index contributed by atoms with van der Waals surface area (Å²) in [5.41, 5.74) is 0.173. The lowest BCUT2D eigenvalue weighted by Gasteiger charge is -2.05. The number of carbonyl (C=O) groups is 1. The normalized spacial score (nSPS) is 10.6. The second-order valence-electron chi connectivity index (χ2n) is 3.87. The molecule has 0 aliphatic carbocycles. The van der Waals surface area contributed by atoms with Gasteiger partial charge in [0.05, 0.1) is 0 Å². The standard InChI is InChI=1S/C13H12F2N2O/c1-2-17-6-5-16-13(17)12(18)7-9-3-4-10(14)8-11(9)15/h3-6,8H,2,7H2,1H3. The number of benzene rings is 1. The first-order valence-corrected chi connectivity index (χ1v) is 5.60. The molecule has 0 saturated carbocycles. The lowest BCUT2D eigenvalue weighted by Crippen LogP contribution is -2.12. The van der Waals surface area contributed by atoms with E-state index in [0.717, 1.165) is 12.1 Å². The zero-order valence-electron chi connectivity index (χ0n) is 9.86. The molecule has 3 nitrogen and oxygen atoms in total. The van der Waals surface area contributed by atoms with Crippen molar-refractivity contribution in [2.45, 2.75) is 19.9 Å². The molecule has 0 saturated heterocycles. The predicted octanol–water partition coefficient (Wildman–Crippen LogP) is 2.61. The summed E-state index contributed by atoms with van der Waals surface area (Å²) in [5, 5.41) is 0. The lowest BCUT2D eigenvalue weighted by molar-refractivity contribution is 0.0978. The van der Waals surface area contributed by atoms with Crippen molar-refractivity contribution in [2.75, 3.05) is 0 Å². The number of nitrogens with zero attached hydrogens (tertiary/aromatic N) is 2. The number of carbonyl (C=O) groups excluding carboxylic acids is 1. The molecule has 1 heterocycles. The molecular weight excluding hydrogens is 238 g/mol. The second-order valence-corrected chi connectivity index (χ2v) is 3.87. The van der Waals surface area contributed by atoms with E-state index in [-0.39, 0.29) is 17.8 Å². The minimum Gasteiger partial charge on any atom is -0.329 e. The van der Waals surface area contributed by atoms with Crippen LogP contribution < -0.4 is 0 Å². The SMILES string of the molecule is CCn1ccnc1C(=O)Cc1ccc(F)cc1F. The highest BCUT2D eigenvalue weighted by Crippen LogP contribution is 2.12. The van der Waals surface area contributed by atoms with Crippen LogP contribution in [0.1, 0.15) is 23.1 Å². The van der Waals surface area contributed by atoms with Crippen LogP contribution in [0, 0.1) is 11.6 Å². The minimum absolute atomic E-state index is 0.122. The molecule has 0 fully saturated rings. The topological polar surface area (TPSA) is 34.9 Å². The van der Waals surface area contributed by atoms with Crippen molar-refractivity contribution >= 4 is 5.78 Å². The molecule has 0 aliphatic heterocycles. The van der Waals surface area contributed by atoms with Crippen LogP contribution in [0.4, 0.5) is 8.78 Å². The van der Waals surface area contributed by atoms with Gasteiger partial charge in [-0.15, -0.1) is 0 Å². The molecule has 0 radical (unpaired) electrons. The third-order valence-electron chi connectivity index (χ3n) is 2.67. The maximum Gasteiger partial charge on any atom is 0.202 e. The van der Waals surface area contributed by atoms with Crippen molar-refractivity contribution in [3.8, 4) is 0 Å². The van der Waals surface area contributed by atoms with Gasteiger partial charge >= 0.3 is 0 Å². The number of aryl methyl sites for hydroxylation is 1. The van der Waals surface area contributed by atoms with Gasteiger partial charge in [0.1, 0.15) is 11.6 Å². The molecule has 18 heavy (non-hydrogen) atoms. The summed E-state index contributed by atoms with van der Waals surface area (Å²) in [4.78, 5) is 15.9. The van der Waals surface area contributed by atoms with Gasteiger partial charge in [0, 0.05) is 31.4 Å². The number of hydrogen-bond acceptors (Lipinski definition) is 2. The zero-order valence-corrected chi connectivity index (χ0v) is 9.86. The molecule has 0 unspecified atom stereocenters. The summed E-state index contributed by atoms with van der Waals surface area (Å²) in [7, 11) is 0. The highest BCUT2D eigenvalue weighted by atomic mass is 19.1. The molecule has 1 aromatic heterocycles. The van der Waals surface area contributed by atoms with Crippen molar-refractivity contribution in [1.29, 1.82) is 0 Å². The summed E-state index contributed by atoms with van der Waals surface area (Å²) >= 11 is 0. The first kappa shape index (κ1) is 12.4. The largest absolute Gasteiger partial charge is 0.329 e. The van der Waals surface area contributed by atoms with Crippen molar-refractivity contribution in [1.82, 2.24) is 9.55 Å².